The van der Waals surface area contributed by atoms with E-state index in [-0.39, 0.29) is 40.0 Å². The quantitative estimate of drug-likeness (QED) is 0.149. The molecule has 0 fully saturated rings. The summed E-state index contributed by atoms with van der Waals surface area (Å²) in [6, 6.07) is 13.8. The number of hydrogen-bond donors (Lipinski definition) is 1. The number of benzene rings is 3. The van der Waals surface area contributed by atoms with Crippen LogP contribution >= 0.6 is 27.5 Å². The molecule has 1 aromatic heterocycles. The van der Waals surface area contributed by atoms with Crippen molar-refractivity contribution in [3.05, 3.63) is 107 Å². The SMILES string of the molecule is CC(C)c1nc2ccc(Br)cc2c(=O)n1N=Cc1cc(Cl)c(OCc2cccc(C(=O)O)c2)c([N+](=O)[O-])c1. The zero-order valence-electron chi connectivity index (χ0n) is 20.1. The first-order valence-corrected chi connectivity index (χ1v) is 12.4. The fourth-order valence-electron chi connectivity index (χ4n) is 3.68. The summed E-state index contributed by atoms with van der Waals surface area (Å²) in [5.74, 6) is -0.994. The van der Waals surface area contributed by atoms with Crippen LogP contribution in [0.15, 0.2) is 69.0 Å². The highest BCUT2D eigenvalue weighted by molar-refractivity contribution is 9.10. The molecule has 1 heterocycles. The molecule has 0 spiro atoms. The third-order valence-electron chi connectivity index (χ3n) is 5.47. The van der Waals surface area contributed by atoms with Crippen molar-refractivity contribution in [2.75, 3.05) is 0 Å². The van der Waals surface area contributed by atoms with Crippen molar-refractivity contribution in [2.24, 2.45) is 5.10 Å². The van der Waals surface area contributed by atoms with E-state index in [0.717, 1.165) is 0 Å². The second kappa shape index (κ2) is 11.1. The van der Waals surface area contributed by atoms with Crippen molar-refractivity contribution in [3.8, 4) is 5.75 Å². The summed E-state index contributed by atoms with van der Waals surface area (Å²) in [5, 5.41) is 25.6. The number of nitro groups is 1. The maximum absolute atomic E-state index is 13.2. The number of nitro benzene ring substituents is 1. The Morgan fingerprint density at radius 3 is 2.71 bits per heavy atom. The number of halogens is 2. The van der Waals surface area contributed by atoms with Gasteiger partial charge in [0, 0.05) is 22.0 Å². The van der Waals surface area contributed by atoms with Gasteiger partial charge in [-0.25, -0.2) is 9.78 Å². The Labute approximate surface area is 229 Å². The summed E-state index contributed by atoms with van der Waals surface area (Å²) < 4.78 is 7.49. The monoisotopic (exact) mass is 598 g/mol. The molecule has 10 nitrogen and oxygen atoms in total. The lowest BCUT2D eigenvalue weighted by molar-refractivity contribution is -0.385. The molecule has 0 saturated carbocycles. The first kappa shape index (κ1) is 27.0. The molecule has 0 aliphatic carbocycles. The molecule has 194 valence electrons. The van der Waals surface area contributed by atoms with E-state index in [1.165, 1.54) is 35.2 Å². The van der Waals surface area contributed by atoms with Crippen molar-refractivity contribution in [3.63, 3.8) is 0 Å². The number of carbonyl (C=O) groups is 1. The molecular weight excluding hydrogens is 580 g/mol. The van der Waals surface area contributed by atoms with E-state index in [9.17, 15) is 19.7 Å². The van der Waals surface area contributed by atoms with Crippen LogP contribution in [0, 0.1) is 10.1 Å². The van der Waals surface area contributed by atoms with Crippen molar-refractivity contribution >= 4 is 56.3 Å². The van der Waals surface area contributed by atoms with Crippen LogP contribution in [0.3, 0.4) is 0 Å². The first-order chi connectivity index (χ1) is 18.0. The lowest BCUT2D eigenvalue weighted by atomic mass is 10.1. The lowest BCUT2D eigenvalue weighted by Gasteiger charge is -2.12. The smallest absolute Gasteiger partial charge is 0.335 e. The zero-order chi connectivity index (χ0) is 27.6. The Morgan fingerprint density at radius 1 is 1.26 bits per heavy atom. The van der Waals surface area contributed by atoms with Crippen LogP contribution in [-0.2, 0) is 6.61 Å². The Balaban J connectivity index is 1.70. The highest BCUT2D eigenvalue weighted by Gasteiger charge is 2.21. The van der Waals surface area contributed by atoms with Gasteiger partial charge in [-0.3, -0.25) is 14.9 Å². The molecule has 0 aliphatic rings. The zero-order valence-corrected chi connectivity index (χ0v) is 22.4. The van der Waals surface area contributed by atoms with Crippen molar-refractivity contribution in [1.29, 1.82) is 0 Å². The number of carboxylic acid groups (broad SMARTS) is 1. The summed E-state index contributed by atoms with van der Waals surface area (Å²) in [6.45, 7) is 3.61. The predicted octanol–water partition coefficient (Wildman–Crippen LogP) is 6.00. The van der Waals surface area contributed by atoms with E-state index in [4.69, 9.17) is 21.4 Å². The van der Waals surface area contributed by atoms with Gasteiger partial charge in [0.05, 0.1) is 32.6 Å². The van der Waals surface area contributed by atoms with Crippen LogP contribution in [0.25, 0.3) is 10.9 Å². The fraction of sp³-hybridized carbons (Fsp3) is 0.154. The van der Waals surface area contributed by atoms with Gasteiger partial charge in [-0.15, -0.1) is 0 Å². The first-order valence-electron chi connectivity index (χ1n) is 11.2. The maximum atomic E-state index is 13.2. The summed E-state index contributed by atoms with van der Waals surface area (Å²) in [5.41, 5.74) is 0.549. The Morgan fingerprint density at radius 2 is 2.03 bits per heavy atom. The molecule has 0 radical (unpaired) electrons. The maximum Gasteiger partial charge on any atom is 0.335 e. The Bertz CT molecular complexity index is 1670. The second-order valence-electron chi connectivity index (χ2n) is 8.55. The van der Waals surface area contributed by atoms with Gasteiger partial charge in [0.15, 0.2) is 0 Å². The van der Waals surface area contributed by atoms with Gasteiger partial charge in [0.2, 0.25) is 5.75 Å². The molecule has 0 bridgehead atoms. The topological polar surface area (TPSA) is 137 Å². The number of carboxylic acids is 1. The minimum absolute atomic E-state index is 0.0490. The fourth-order valence-corrected chi connectivity index (χ4v) is 4.32. The standard InChI is InChI=1S/C26H20BrClN4O6/c1-14(2)24-30-21-7-6-18(27)11-19(21)25(33)31(24)29-12-16-9-20(28)23(22(10-16)32(36)37)38-13-15-4-3-5-17(8-15)26(34)35/h3-12,14H,13H2,1-2H3,(H,34,35). The van der Waals surface area contributed by atoms with Gasteiger partial charge in [0.25, 0.3) is 5.56 Å². The number of nitrogens with zero attached hydrogens (tertiary/aromatic N) is 4. The number of aromatic nitrogens is 2. The summed E-state index contributed by atoms with van der Waals surface area (Å²) in [7, 11) is 0. The van der Waals surface area contributed by atoms with Gasteiger partial charge in [-0.2, -0.15) is 9.78 Å². The molecule has 4 rings (SSSR count). The van der Waals surface area contributed by atoms with Crippen LogP contribution in [0.1, 0.15) is 47.1 Å². The average molecular weight is 600 g/mol. The van der Waals surface area contributed by atoms with Gasteiger partial charge >= 0.3 is 11.7 Å². The van der Waals surface area contributed by atoms with Crippen LogP contribution in [-0.4, -0.2) is 31.9 Å². The molecule has 0 aliphatic heterocycles. The number of aromatic carboxylic acids is 1. The predicted molar refractivity (Wildman–Crippen MR) is 147 cm³/mol. The van der Waals surface area contributed by atoms with Gasteiger partial charge < -0.3 is 9.84 Å². The van der Waals surface area contributed by atoms with Crippen LogP contribution < -0.4 is 10.3 Å². The van der Waals surface area contributed by atoms with E-state index in [2.05, 4.69) is 26.0 Å². The van der Waals surface area contributed by atoms with Crippen molar-refractivity contribution in [1.82, 2.24) is 9.66 Å². The molecule has 0 atom stereocenters. The molecule has 38 heavy (non-hydrogen) atoms. The van der Waals surface area contributed by atoms with Crippen molar-refractivity contribution in [2.45, 2.75) is 26.4 Å². The van der Waals surface area contributed by atoms with Gasteiger partial charge in [0.1, 0.15) is 12.4 Å². The molecular formula is C26H20BrClN4O6. The summed E-state index contributed by atoms with van der Waals surface area (Å²) >= 11 is 9.70. The normalized spacial score (nSPS) is 11.4. The highest BCUT2D eigenvalue weighted by atomic mass is 79.9. The summed E-state index contributed by atoms with van der Waals surface area (Å²) in [6.07, 6.45) is 1.29. The molecule has 4 aromatic rings. The minimum Gasteiger partial charge on any atom is -0.481 e. The number of fused-ring (bicyclic) bond motifs is 1. The van der Waals surface area contributed by atoms with Crippen LogP contribution in [0.5, 0.6) is 5.75 Å². The van der Waals surface area contributed by atoms with E-state index in [0.29, 0.717) is 26.8 Å². The van der Waals surface area contributed by atoms with Gasteiger partial charge in [-0.05, 0) is 42.0 Å². The van der Waals surface area contributed by atoms with Crippen LogP contribution in [0.2, 0.25) is 5.02 Å². The van der Waals surface area contributed by atoms with E-state index < -0.39 is 16.6 Å². The molecule has 1 N–H and O–H groups in total. The van der Waals surface area contributed by atoms with Crippen molar-refractivity contribution < 1.29 is 19.6 Å². The minimum atomic E-state index is -1.10. The molecule has 0 unspecified atom stereocenters. The second-order valence-corrected chi connectivity index (χ2v) is 9.87. The molecule has 0 saturated heterocycles. The molecule has 12 heteroatoms. The lowest BCUT2D eigenvalue weighted by Crippen LogP contribution is -2.23. The number of ether oxygens (including phenoxy) is 1. The molecule has 0 amide bonds. The van der Waals surface area contributed by atoms with Crippen LogP contribution in [0.4, 0.5) is 5.69 Å². The third-order valence-corrected chi connectivity index (χ3v) is 6.25. The Kier molecular flexibility index (Phi) is 7.88. The highest BCUT2D eigenvalue weighted by Crippen LogP contribution is 2.36. The number of hydrogen-bond acceptors (Lipinski definition) is 7. The third kappa shape index (κ3) is 5.74. The largest absolute Gasteiger partial charge is 0.481 e. The van der Waals surface area contributed by atoms with E-state index in [1.807, 2.05) is 13.8 Å². The van der Waals surface area contributed by atoms with E-state index in [1.54, 1.807) is 30.3 Å². The Hall–Kier alpha value is -4.09. The average Bonchev–Trinajstić information content (AvgIpc) is 2.87. The van der Waals surface area contributed by atoms with Gasteiger partial charge in [-0.1, -0.05) is 53.5 Å². The molecule has 3 aromatic carbocycles. The van der Waals surface area contributed by atoms with E-state index >= 15 is 0 Å². The number of rotatable bonds is 8. The summed E-state index contributed by atoms with van der Waals surface area (Å²) in [4.78, 5) is 40.1.